The molecule has 0 bridgehead atoms. The van der Waals surface area contributed by atoms with Gasteiger partial charge in [-0.15, -0.1) is 11.6 Å². The summed E-state index contributed by atoms with van der Waals surface area (Å²) in [6.07, 6.45) is -2.15. The van der Waals surface area contributed by atoms with Crippen molar-refractivity contribution in [3.63, 3.8) is 0 Å². The van der Waals surface area contributed by atoms with Gasteiger partial charge in [0.15, 0.2) is 0 Å². The van der Waals surface area contributed by atoms with Gasteiger partial charge in [0, 0.05) is 13.1 Å². The Kier molecular flexibility index (Phi) is 4.76. The molecule has 1 aromatic carbocycles. The van der Waals surface area contributed by atoms with Crippen molar-refractivity contribution < 1.29 is 22.4 Å². The number of alkyl halides is 4. The summed E-state index contributed by atoms with van der Waals surface area (Å²) in [5.74, 6) is -1.58. The van der Waals surface area contributed by atoms with Gasteiger partial charge in [-0.1, -0.05) is 6.07 Å². The van der Waals surface area contributed by atoms with Crippen molar-refractivity contribution in [2.24, 2.45) is 0 Å². The van der Waals surface area contributed by atoms with Crippen LogP contribution in [-0.2, 0) is 11.0 Å². The Hall–Kier alpha value is -1.30. The van der Waals surface area contributed by atoms with Crippen molar-refractivity contribution in [2.75, 3.05) is 13.1 Å². The number of halogens is 5. The van der Waals surface area contributed by atoms with Gasteiger partial charge >= 0.3 is 6.18 Å². The van der Waals surface area contributed by atoms with E-state index < -0.39 is 34.4 Å². The molecule has 21 heavy (non-hydrogen) atoms. The third-order valence-electron chi connectivity index (χ3n) is 3.48. The number of piperidine rings is 1. The molecule has 1 unspecified atom stereocenters. The molecule has 1 amide bonds. The molecule has 0 aliphatic carbocycles. The van der Waals surface area contributed by atoms with E-state index in [1.807, 2.05) is 0 Å². The lowest BCUT2D eigenvalue weighted by Gasteiger charge is -2.29. The molecule has 1 heterocycles. The molecule has 1 atom stereocenters. The van der Waals surface area contributed by atoms with Gasteiger partial charge in [-0.05, 0) is 37.0 Å². The average molecular weight is 324 g/mol. The molecule has 2 rings (SSSR count). The quantitative estimate of drug-likeness (QED) is 0.592. The maximum absolute atomic E-state index is 13.1. The van der Waals surface area contributed by atoms with E-state index in [2.05, 4.69) is 0 Å². The van der Waals surface area contributed by atoms with E-state index in [1.165, 1.54) is 4.90 Å². The second kappa shape index (κ2) is 6.22. The van der Waals surface area contributed by atoms with E-state index in [0.717, 1.165) is 31.4 Å². The van der Waals surface area contributed by atoms with Crippen molar-refractivity contribution in [3.8, 4) is 0 Å². The monoisotopic (exact) mass is 323 g/mol. The fraction of sp³-hybridized carbons (Fsp3) is 0.500. The predicted octanol–water partition coefficient (Wildman–Crippen LogP) is 4.14. The Balaban J connectivity index is 2.30. The minimum absolute atomic E-state index is 0.369. The van der Waals surface area contributed by atoms with Gasteiger partial charge < -0.3 is 4.90 Å². The lowest BCUT2D eigenvalue weighted by molar-refractivity contribution is -0.139. The van der Waals surface area contributed by atoms with E-state index in [-0.39, 0.29) is 0 Å². The first-order chi connectivity index (χ1) is 9.80. The maximum atomic E-state index is 13.1. The Bertz CT molecular complexity index is 526. The van der Waals surface area contributed by atoms with E-state index in [1.54, 1.807) is 0 Å². The molecular weight excluding hydrogens is 310 g/mol. The van der Waals surface area contributed by atoms with Crippen LogP contribution in [0.25, 0.3) is 0 Å². The molecule has 7 heteroatoms. The summed E-state index contributed by atoms with van der Waals surface area (Å²) in [6.45, 7) is 0.981. The van der Waals surface area contributed by atoms with E-state index in [4.69, 9.17) is 11.6 Å². The van der Waals surface area contributed by atoms with Crippen LogP contribution in [0.5, 0.6) is 0 Å². The molecule has 2 nitrogen and oxygen atoms in total. The minimum atomic E-state index is -4.76. The zero-order chi connectivity index (χ0) is 15.6. The average Bonchev–Trinajstić information content (AvgIpc) is 2.45. The number of carbonyl (C=O) groups excluding carboxylic acids is 1. The lowest BCUT2D eigenvalue weighted by atomic mass is 10.0. The fourth-order valence-electron chi connectivity index (χ4n) is 2.40. The smallest absolute Gasteiger partial charge is 0.341 e. The number of likely N-dealkylation sites (tertiary alicyclic amines) is 1. The van der Waals surface area contributed by atoms with E-state index in [0.29, 0.717) is 19.2 Å². The first-order valence-electron chi connectivity index (χ1n) is 6.60. The second-order valence-electron chi connectivity index (χ2n) is 4.98. The number of rotatable bonds is 2. The summed E-state index contributed by atoms with van der Waals surface area (Å²) in [6, 6.07) is 2.18. The number of hydrogen-bond donors (Lipinski definition) is 0. The van der Waals surface area contributed by atoms with Crippen LogP contribution < -0.4 is 0 Å². The van der Waals surface area contributed by atoms with Crippen LogP contribution in [-0.4, -0.2) is 23.9 Å². The maximum Gasteiger partial charge on any atom is 0.416 e. The zero-order valence-electron chi connectivity index (χ0n) is 11.1. The van der Waals surface area contributed by atoms with Gasteiger partial charge in [-0.2, -0.15) is 13.2 Å². The van der Waals surface area contributed by atoms with Crippen molar-refractivity contribution >= 4 is 17.5 Å². The predicted molar refractivity (Wildman–Crippen MR) is 70.4 cm³/mol. The Morgan fingerprint density at radius 3 is 2.38 bits per heavy atom. The Morgan fingerprint density at radius 2 is 1.81 bits per heavy atom. The summed E-state index contributed by atoms with van der Waals surface area (Å²) in [7, 11) is 0. The third-order valence-corrected chi connectivity index (χ3v) is 3.90. The summed E-state index contributed by atoms with van der Waals surface area (Å²) in [5.41, 5.74) is -1.60. The molecule has 116 valence electrons. The van der Waals surface area contributed by atoms with Crippen LogP contribution in [0.3, 0.4) is 0 Å². The highest BCUT2D eigenvalue weighted by molar-refractivity contribution is 6.30. The minimum Gasteiger partial charge on any atom is -0.341 e. The van der Waals surface area contributed by atoms with Crippen molar-refractivity contribution in [3.05, 3.63) is 35.1 Å². The van der Waals surface area contributed by atoms with Crippen molar-refractivity contribution in [2.45, 2.75) is 30.8 Å². The molecule has 0 saturated carbocycles. The van der Waals surface area contributed by atoms with E-state index in [9.17, 15) is 22.4 Å². The largest absolute Gasteiger partial charge is 0.416 e. The van der Waals surface area contributed by atoms with Gasteiger partial charge in [0.25, 0.3) is 0 Å². The highest BCUT2D eigenvalue weighted by Gasteiger charge is 2.38. The summed E-state index contributed by atoms with van der Waals surface area (Å²) >= 11 is 5.94. The zero-order valence-corrected chi connectivity index (χ0v) is 11.8. The topological polar surface area (TPSA) is 20.3 Å². The summed E-state index contributed by atoms with van der Waals surface area (Å²) in [5, 5.41) is -1.46. The number of carbonyl (C=O) groups is 1. The summed E-state index contributed by atoms with van der Waals surface area (Å²) in [4.78, 5) is 13.7. The SMILES string of the molecule is O=C(C(Cl)c1ccc(F)cc1C(F)(F)F)N1CCCCC1. The molecule has 1 aliphatic rings. The van der Waals surface area contributed by atoms with Crippen molar-refractivity contribution in [1.29, 1.82) is 0 Å². The van der Waals surface area contributed by atoms with Gasteiger partial charge in [-0.25, -0.2) is 4.39 Å². The van der Waals surface area contributed by atoms with Gasteiger partial charge in [0.05, 0.1) is 5.56 Å². The highest BCUT2D eigenvalue weighted by Crippen LogP contribution is 2.38. The van der Waals surface area contributed by atoms with Crippen LogP contribution in [0.4, 0.5) is 17.6 Å². The molecule has 1 saturated heterocycles. The molecule has 0 N–H and O–H groups in total. The number of benzene rings is 1. The second-order valence-corrected chi connectivity index (χ2v) is 5.41. The molecule has 0 radical (unpaired) electrons. The van der Waals surface area contributed by atoms with Crippen LogP contribution in [0.1, 0.15) is 35.8 Å². The van der Waals surface area contributed by atoms with Gasteiger partial charge in [-0.3, -0.25) is 4.79 Å². The molecular formula is C14H14ClF4NO. The molecule has 0 spiro atoms. The van der Waals surface area contributed by atoms with Crippen LogP contribution in [0.2, 0.25) is 0 Å². The molecule has 0 aromatic heterocycles. The van der Waals surface area contributed by atoms with Gasteiger partial charge in [0.1, 0.15) is 11.2 Å². The van der Waals surface area contributed by atoms with Gasteiger partial charge in [0.2, 0.25) is 5.91 Å². The summed E-state index contributed by atoms with van der Waals surface area (Å²) < 4.78 is 51.9. The number of nitrogens with zero attached hydrogens (tertiary/aromatic N) is 1. The first-order valence-corrected chi connectivity index (χ1v) is 7.04. The number of hydrogen-bond acceptors (Lipinski definition) is 1. The molecule has 1 fully saturated rings. The Morgan fingerprint density at radius 1 is 1.19 bits per heavy atom. The Labute approximate surface area is 124 Å². The van der Waals surface area contributed by atoms with Crippen LogP contribution in [0.15, 0.2) is 18.2 Å². The number of amides is 1. The normalized spacial score (nSPS) is 17.7. The molecule has 1 aliphatic heterocycles. The fourth-order valence-corrected chi connectivity index (χ4v) is 2.73. The van der Waals surface area contributed by atoms with Crippen molar-refractivity contribution in [1.82, 2.24) is 4.90 Å². The van der Waals surface area contributed by atoms with Crippen LogP contribution in [0, 0.1) is 5.82 Å². The lowest BCUT2D eigenvalue weighted by Crippen LogP contribution is -2.38. The highest BCUT2D eigenvalue weighted by atomic mass is 35.5. The van der Waals surface area contributed by atoms with E-state index >= 15 is 0 Å². The van der Waals surface area contributed by atoms with Crippen LogP contribution >= 0.6 is 11.6 Å². The molecule has 1 aromatic rings. The first kappa shape index (κ1) is 16.1. The third kappa shape index (κ3) is 3.67. The standard InChI is InChI=1S/C14H14ClF4NO/c15-12(13(21)20-6-2-1-3-7-20)10-5-4-9(16)8-11(10)14(17,18)19/h4-5,8,12H,1-3,6-7H2.